The van der Waals surface area contributed by atoms with Gasteiger partial charge in [0.15, 0.2) is 0 Å². The topological polar surface area (TPSA) is 119 Å². The quantitative estimate of drug-likeness (QED) is 0.230. The molecule has 0 rings (SSSR count). The summed E-state index contributed by atoms with van der Waals surface area (Å²) in [6.07, 6.45) is 0. The molecule has 0 unspecified atom stereocenters. The Morgan fingerprint density at radius 3 is 1.43 bits per heavy atom. The first-order valence-corrected chi connectivity index (χ1v) is 2.22. The van der Waals surface area contributed by atoms with Crippen LogP contribution >= 0.6 is 8.25 Å². The van der Waals surface area contributed by atoms with Gasteiger partial charge in [0.05, 0.1) is 0 Å². The van der Waals surface area contributed by atoms with Crippen LogP contribution in [-0.4, -0.2) is 9.79 Å². The van der Waals surface area contributed by atoms with Gasteiger partial charge in [-0.3, -0.25) is 0 Å². The fraction of sp³-hybridized carbons (Fsp3) is 0. The number of hydrogen-bond donors (Lipinski definition) is 4. The monoisotopic (exact) mass is 129 g/mol. The van der Waals surface area contributed by atoms with E-state index >= 15 is 0 Å². The number of rotatable bonds is 0. The lowest BCUT2D eigenvalue weighted by Crippen LogP contribution is -2.03. The van der Waals surface area contributed by atoms with Crippen molar-refractivity contribution < 1.29 is 19.3 Å². The first-order chi connectivity index (χ1) is 3.15. The van der Waals surface area contributed by atoms with Gasteiger partial charge in [0.1, 0.15) is 0 Å². The van der Waals surface area contributed by atoms with Crippen molar-refractivity contribution in [3.8, 4) is 0 Å². The SMILES string of the molecule is NON.O=[P+](O)O. The third kappa shape index (κ3) is 8970. The molecule has 0 aliphatic carbocycles. The molecule has 7 heavy (non-hydrogen) atoms. The van der Waals surface area contributed by atoms with Gasteiger partial charge >= 0.3 is 8.25 Å². The molecule has 0 aromatic carbocycles. The third-order valence-corrected chi connectivity index (χ3v) is 0. The molecular weight excluding hydrogens is 123 g/mol. The first-order valence-electron chi connectivity index (χ1n) is 1.05. The maximum absolute atomic E-state index is 8.70. The maximum atomic E-state index is 8.70. The predicted octanol–water partition coefficient (Wildman–Crippen LogP) is -1.62. The molecule has 0 bridgehead atoms. The van der Waals surface area contributed by atoms with Crippen molar-refractivity contribution in [2.24, 2.45) is 11.8 Å². The lowest BCUT2D eigenvalue weighted by atomic mass is 13.3. The molecule has 0 aromatic rings. The van der Waals surface area contributed by atoms with Gasteiger partial charge < -0.3 is 0 Å². The Kier molecular flexibility index (Phi) is 13.3. The molecule has 0 saturated carbocycles. The van der Waals surface area contributed by atoms with Crippen LogP contribution in [0.4, 0.5) is 0 Å². The molecule has 0 fully saturated rings. The molecule has 0 atom stereocenters. The van der Waals surface area contributed by atoms with E-state index in [4.69, 9.17) is 14.4 Å². The minimum atomic E-state index is -2.87. The molecule has 0 amide bonds. The van der Waals surface area contributed by atoms with E-state index in [0.29, 0.717) is 0 Å². The minimum Gasteiger partial charge on any atom is -0.220 e. The summed E-state index contributed by atoms with van der Waals surface area (Å²) in [4.78, 5) is 17.5. The summed E-state index contributed by atoms with van der Waals surface area (Å²) in [5.41, 5.74) is 0. The highest BCUT2D eigenvalue weighted by Crippen LogP contribution is 1.98. The van der Waals surface area contributed by atoms with Gasteiger partial charge in [-0.2, -0.15) is 11.8 Å². The van der Waals surface area contributed by atoms with Gasteiger partial charge in [-0.15, -0.1) is 9.79 Å². The second kappa shape index (κ2) is 9.31. The molecule has 0 aliphatic rings. The predicted molar refractivity (Wildman–Crippen MR) is 21.5 cm³/mol. The van der Waals surface area contributed by atoms with Crippen LogP contribution in [0.15, 0.2) is 0 Å². The van der Waals surface area contributed by atoms with Gasteiger partial charge in [0, 0.05) is 4.57 Å². The van der Waals surface area contributed by atoms with Crippen LogP contribution in [0.2, 0.25) is 0 Å². The largest absolute Gasteiger partial charge is 0.692 e. The maximum Gasteiger partial charge on any atom is 0.692 e. The summed E-state index contributed by atoms with van der Waals surface area (Å²) in [5, 5.41) is 0. The molecular formula is H6N2O4P+. The summed E-state index contributed by atoms with van der Waals surface area (Å²) in [7, 11) is -2.87. The van der Waals surface area contributed by atoms with Gasteiger partial charge in [-0.1, -0.05) is 0 Å². The van der Waals surface area contributed by atoms with E-state index in [-0.39, 0.29) is 0 Å². The Labute approximate surface area is 40.5 Å². The zero-order valence-electron chi connectivity index (χ0n) is 3.31. The van der Waals surface area contributed by atoms with Crippen molar-refractivity contribution in [2.75, 3.05) is 0 Å². The highest BCUT2D eigenvalue weighted by Gasteiger charge is 1.93. The average Bonchev–Trinajstić information content (AvgIpc) is 1.33. The zero-order chi connectivity index (χ0) is 6.28. The van der Waals surface area contributed by atoms with Crippen molar-refractivity contribution >= 4 is 8.25 Å². The summed E-state index contributed by atoms with van der Waals surface area (Å²) in [5.74, 6) is 8.25. The van der Waals surface area contributed by atoms with Crippen LogP contribution in [0.5, 0.6) is 0 Å². The van der Waals surface area contributed by atoms with Gasteiger partial charge in [-0.25, -0.2) is 4.94 Å². The second-order valence-corrected chi connectivity index (χ2v) is 0.894. The summed E-state index contributed by atoms with van der Waals surface area (Å²) in [6, 6.07) is 0. The Bertz CT molecular complexity index is 41.0. The minimum absolute atomic E-state index is 2.87. The highest BCUT2D eigenvalue weighted by atomic mass is 31.1. The van der Waals surface area contributed by atoms with Crippen LogP contribution < -0.4 is 11.8 Å². The lowest BCUT2D eigenvalue weighted by Gasteiger charge is -1.62. The van der Waals surface area contributed by atoms with Crippen molar-refractivity contribution in [1.82, 2.24) is 0 Å². The van der Waals surface area contributed by atoms with Crippen LogP contribution in [0, 0.1) is 0 Å². The van der Waals surface area contributed by atoms with Crippen LogP contribution in [0.25, 0.3) is 0 Å². The van der Waals surface area contributed by atoms with Crippen molar-refractivity contribution in [2.45, 2.75) is 0 Å². The second-order valence-electron chi connectivity index (χ2n) is 0.389. The molecule has 0 heterocycles. The average molecular weight is 129 g/mol. The fourth-order valence-electron chi connectivity index (χ4n) is 0. The molecule has 6 N–H and O–H groups in total. The van der Waals surface area contributed by atoms with Gasteiger partial charge in [0.2, 0.25) is 0 Å². The molecule has 0 saturated heterocycles. The Balaban J connectivity index is 0. The number of hydrogen-bond acceptors (Lipinski definition) is 4. The van der Waals surface area contributed by atoms with Crippen molar-refractivity contribution in [1.29, 1.82) is 0 Å². The molecule has 0 aliphatic heterocycles. The third-order valence-electron chi connectivity index (χ3n) is 0. The first kappa shape index (κ1) is 10.0. The van der Waals surface area contributed by atoms with Crippen molar-refractivity contribution in [3.05, 3.63) is 0 Å². The van der Waals surface area contributed by atoms with Gasteiger partial charge in [-0.05, 0) is 0 Å². The van der Waals surface area contributed by atoms with E-state index < -0.39 is 8.25 Å². The molecule has 0 radical (unpaired) electrons. The summed E-state index contributed by atoms with van der Waals surface area (Å²) < 4.78 is 8.70. The number of nitrogens with two attached hydrogens (primary N) is 2. The van der Waals surface area contributed by atoms with Crippen LogP contribution in [0.1, 0.15) is 0 Å². The molecule has 44 valence electrons. The molecule has 7 heteroatoms. The van der Waals surface area contributed by atoms with Crippen LogP contribution in [-0.2, 0) is 9.50 Å². The molecule has 6 nitrogen and oxygen atoms in total. The fourth-order valence-corrected chi connectivity index (χ4v) is 0. The normalized spacial score (nSPS) is 6.29. The van der Waals surface area contributed by atoms with E-state index in [9.17, 15) is 0 Å². The summed E-state index contributed by atoms with van der Waals surface area (Å²) in [6.45, 7) is 0. The Morgan fingerprint density at radius 1 is 1.43 bits per heavy atom. The van der Waals surface area contributed by atoms with E-state index in [1.165, 1.54) is 0 Å². The lowest BCUT2D eigenvalue weighted by molar-refractivity contribution is 0.142. The Hall–Kier alpha value is -0.100. The van der Waals surface area contributed by atoms with Crippen molar-refractivity contribution in [3.63, 3.8) is 0 Å². The van der Waals surface area contributed by atoms with E-state index in [1.807, 2.05) is 0 Å². The standard InChI is InChI=1S/H4N2O.HO3P/c1-3-2;1-4(2)3/h1-2H2;(H-,1,2,3)/p+1. The Morgan fingerprint density at radius 2 is 1.43 bits per heavy atom. The smallest absolute Gasteiger partial charge is 0.220 e. The summed E-state index contributed by atoms with van der Waals surface area (Å²) >= 11 is 0. The van der Waals surface area contributed by atoms with Crippen LogP contribution in [0.3, 0.4) is 0 Å². The van der Waals surface area contributed by atoms with E-state index in [0.717, 1.165) is 0 Å². The van der Waals surface area contributed by atoms with Gasteiger partial charge in [0.25, 0.3) is 0 Å². The highest BCUT2D eigenvalue weighted by molar-refractivity contribution is 7.30. The van der Waals surface area contributed by atoms with E-state index in [2.05, 4.69) is 16.7 Å². The molecule has 0 spiro atoms. The van der Waals surface area contributed by atoms with E-state index in [1.54, 1.807) is 0 Å². The zero-order valence-corrected chi connectivity index (χ0v) is 4.21. The molecule has 0 aromatic heterocycles.